The number of ether oxygens (including phenoxy) is 1. The van der Waals surface area contributed by atoms with E-state index in [2.05, 4.69) is 38.8 Å². The minimum Gasteiger partial charge on any atom is -0.394 e. The van der Waals surface area contributed by atoms with Crippen LogP contribution in [0.25, 0.3) is 0 Å². The predicted molar refractivity (Wildman–Crippen MR) is 126 cm³/mol. The molecule has 0 saturated carbocycles. The highest BCUT2D eigenvalue weighted by Crippen LogP contribution is 2.48. The Balaban J connectivity index is 1.46. The maximum Gasteiger partial charge on any atom is 0.237 e. The molecule has 172 valence electrons. The van der Waals surface area contributed by atoms with Crippen LogP contribution in [0.4, 0.5) is 5.69 Å². The molecule has 1 N–H and O–H groups in total. The highest BCUT2D eigenvalue weighted by molar-refractivity contribution is 5.80. The topological polar surface area (TPSA) is 69.1 Å². The number of aliphatic hydroxyl groups is 1. The normalized spacial score (nSPS) is 24.6. The van der Waals surface area contributed by atoms with E-state index in [0.717, 1.165) is 41.9 Å². The van der Waals surface area contributed by atoms with Gasteiger partial charge in [0, 0.05) is 61.8 Å². The number of rotatable bonds is 3. The van der Waals surface area contributed by atoms with Crippen LogP contribution in [0.2, 0.25) is 0 Å². The van der Waals surface area contributed by atoms with Crippen molar-refractivity contribution in [2.24, 2.45) is 5.92 Å². The number of aromatic nitrogens is 1. The van der Waals surface area contributed by atoms with Crippen LogP contribution in [-0.2, 0) is 9.53 Å². The Morgan fingerprint density at radius 1 is 1.18 bits per heavy atom. The number of benzene rings is 1. The van der Waals surface area contributed by atoms with Gasteiger partial charge >= 0.3 is 0 Å². The fraction of sp³-hybridized carbons (Fsp3) is 0.462. The van der Waals surface area contributed by atoms with Crippen LogP contribution in [0.15, 0.2) is 42.7 Å². The minimum atomic E-state index is -0.0398. The van der Waals surface area contributed by atoms with Crippen molar-refractivity contribution in [1.29, 1.82) is 0 Å². The van der Waals surface area contributed by atoms with Crippen molar-refractivity contribution in [3.05, 3.63) is 59.4 Å². The van der Waals surface area contributed by atoms with E-state index in [1.807, 2.05) is 30.1 Å². The van der Waals surface area contributed by atoms with Gasteiger partial charge in [-0.15, -0.1) is 0 Å². The van der Waals surface area contributed by atoms with E-state index in [-0.39, 0.29) is 30.5 Å². The van der Waals surface area contributed by atoms with Crippen molar-refractivity contribution in [2.45, 2.75) is 18.5 Å². The van der Waals surface area contributed by atoms with Crippen LogP contribution in [-0.4, -0.2) is 84.9 Å². The third-order valence-electron chi connectivity index (χ3n) is 7.15. The fourth-order valence-electron chi connectivity index (χ4n) is 5.43. The Morgan fingerprint density at radius 3 is 2.76 bits per heavy atom. The molecule has 5 rings (SSSR count). The summed E-state index contributed by atoms with van der Waals surface area (Å²) in [6.07, 6.45) is 4.38. The Bertz CT molecular complexity index is 1060. The molecule has 1 aromatic carbocycles. The summed E-state index contributed by atoms with van der Waals surface area (Å²) in [4.78, 5) is 23.9. The second-order valence-electron chi connectivity index (χ2n) is 9.00. The summed E-state index contributed by atoms with van der Waals surface area (Å²) in [5, 5.41) is 10.2. The number of aliphatic hydroxyl groups excluding tert-OH is 1. The summed E-state index contributed by atoms with van der Waals surface area (Å²) in [5.74, 6) is 6.79. The number of nitrogens with zero attached hydrogens (tertiary/aromatic N) is 4. The Kier molecular flexibility index (Phi) is 6.32. The summed E-state index contributed by atoms with van der Waals surface area (Å²) in [7, 11) is 2.04. The number of carbonyl (C=O) groups is 1. The average Bonchev–Trinajstić information content (AvgIpc) is 3.29. The Hall–Kier alpha value is -2.92. The van der Waals surface area contributed by atoms with Crippen LogP contribution in [0, 0.1) is 17.8 Å². The molecule has 1 aromatic heterocycles. The van der Waals surface area contributed by atoms with E-state index in [1.54, 1.807) is 12.4 Å². The SMILES string of the molecule is CN1c2ccc(C#Cc3cccnc3)cc2[C@@H]2[C@@H](CCN2C(=O)CN2CCOCC2)[C@H]1CO. The lowest BCUT2D eigenvalue weighted by molar-refractivity contribution is -0.135. The lowest BCUT2D eigenvalue weighted by Crippen LogP contribution is -2.50. The molecule has 0 radical (unpaired) electrons. The largest absolute Gasteiger partial charge is 0.394 e. The Morgan fingerprint density at radius 2 is 2.00 bits per heavy atom. The number of pyridine rings is 1. The van der Waals surface area contributed by atoms with E-state index >= 15 is 0 Å². The molecule has 2 saturated heterocycles. The number of likely N-dealkylation sites (tertiary alicyclic amines) is 1. The van der Waals surface area contributed by atoms with Gasteiger partial charge in [0.2, 0.25) is 5.91 Å². The second kappa shape index (κ2) is 9.52. The van der Waals surface area contributed by atoms with Crippen molar-refractivity contribution >= 4 is 11.6 Å². The standard InChI is InChI=1S/C26H30N4O3/c1-28-23-7-6-19(4-5-20-3-2-9-27-16-20)15-22(23)26-21(24(28)18-31)8-10-30(26)25(32)17-29-11-13-33-14-12-29/h2-3,6-7,9,15-16,21,24,26,31H,8,10-14,17-18H2,1H3/t21-,24+,26-/m0/s1. The van der Waals surface area contributed by atoms with Gasteiger partial charge in [-0.25, -0.2) is 0 Å². The van der Waals surface area contributed by atoms with Gasteiger partial charge in [0.1, 0.15) is 0 Å². The first kappa shape index (κ1) is 21.9. The summed E-state index contributed by atoms with van der Waals surface area (Å²) in [6, 6.07) is 9.99. The second-order valence-corrected chi connectivity index (χ2v) is 9.00. The third kappa shape index (κ3) is 4.34. The van der Waals surface area contributed by atoms with E-state index < -0.39 is 0 Å². The van der Waals surface area contributed by atoms with Crippen molar-refractivity contribution < 1.29 is 14.6 Å². The molecule has 3 aliphatic heterocycles. The highest BCUT2D eigenvalue weighted by Gasteiger charge is 2.47. The summed E-state index contributed by atoms with van der Waals surface area (Å²) in [5.41, 5.74) is 3.97. The zero-order chi connectivity index (χ0) is 22.8. The average molecular weight is 447 g/mol. The molecule has 3 aliphatic rings. The number of hydrogen-bond acceptors (Lipinski definition) is 6. The molecule has 0 unspecified atom stereocenters. The van der Waals surface area contributed by atoms with Gasteiger partial charge in [-0.2, -0.15) is 0 Å². The number of anilines is 1. The Labute approximate surface area is 195 Å². The quantitative estimate of drug-likeness (QED) is 0.721. The van der Waals surface area contributed by atoms with E-state index in [1.165, 1.54) is 0 Å². The molecule has 2 aromatic rings. The van der Waals surface area contributed by atoms with Crippen LogP contribution in [0.5, 0.6) is 0 Å². The molecular weight excluding hydrogens is 416 g/mol. The van der Waals surface area contributed by atoms with Crippen LogP contribution >= 0.6 is 0 Å². The lowest BCUT2D eigenvalue weighted by atomic mass is 9.81. The lowest BCUT2D eigenvalue weighted by Gasteiger charge is -2.44. The molecule has 2 fully saturated rings. The number of morpholine rings is 1. The molecule has 33 heavy (non-hydrogen) atoms. The molecular formula is C26H30N4O3. The van der Waals surface area contributed by atoms with Crippen molar-refractivity contribution in [3.8, 4) is 11.8 Å². The molecule has 4 heterocycles. The van der Waals surface area contributed by atoms with Crippen LogP contribution in [0.1, 0.15) is 29.2 Å². The maximum absolute atomic E-state index is 13.4. The molecule has 1 amide bonds. The molecule has 0 aliphatic carbocycles. The van der Waals surface area contributed by atoms with Crippen molar-refractivity contribution in [1.82, 2.24) is 14.8 Å². The monoisotopic (exact) mass is 446 g/mol. The maximum atomic E-state index is 13.4. The number of hydrogen-bond donors (Lipinski definition) is 1. The van der Waals surface area contributed by atoms with Gasteiger partial charge in [-0.3, -0.25) is 14.7 Å². The zero-order valence-corrected chi connectivity index (χ0v) is 19.0. The van der Waals surface area contributed by atoms with E-state index in [0.29, 0.717) is 26.3 Å². The number of fused-ring (bicyclic) bond motifs is 3. The van der Waals surface area contributed by atoms with Gasteiger partial charge in [0.25, 0.3) is 0 Å². The van der Waals surface area contributed by atoms with Crippen LogP contribution in [0.3, 0.4) is 0 Å². The van der Waals surface area contributed by atoms with Crippen molar-refractivity contribution in [2.75, 3.05) is 57.9 Å². The van der Waals surface area contributed by atoms with Crippen molar-refractivity contribution in [3.63, 3.8) is 0 Å². The molecule has 7 nitrogen and oxygen atoms in total. The molecule has 0 bridgehead atoms. The minimum absolute atomic E-state index is 0.00369. The smallest absolute Gasteiger partial charge is 0.237 e. The number of amides is 1. The highest BCUT2D eigenvalue weighted by atomic mass is 16.5. The molecule has 3 atom stereocenters. The van der Waals surface area contributed by atoms with E-state index in [4.69, 9.17) is 4.74 Å². The summed E-state index contributed by atoms with van der Waals surface area (Å²) < 4.78 is 5.43. The fourth-order valence-corrected chi connectivity index (χ4v) is 5.43. The predicted octanol–water partition coefficient (Wildman–Crippen LogP) is 1.51. The van der Waals surface area contributed by atoms with Gasteiger partial charge in [0.05, 0.1) is 38.4 Å². The zero-order valence-electron chi connectivity index (χ0n) is 19.0. The number of carbonyl (C=O) groups excluding carboxylic acids is 1. The van der Waals surface area contributed by atoms with E-state index in [9.17, 15) is 9.90 Å². The van der Waals surface area contributed by atoms with Gasteiger partial charge in [0.15, 0.2) is 0 Å². The molecule has 0 spiro atoms. The van der Waals surface area contributed by atoms with Crippen LogP contribution < -0.4 is 4.90 Å². The summed E-state index contributed by atoms with van der Waals surface area (Å²) in [6.45, 7) is 4.15. The van der Waals surface area contributed by atoms with Gasteiger partial charge < -0.3 is 19.6 Å². The first-order chi connectivity index (χ1) is 16.2. The molecule has 7 heteroatoms. The summed E-state index contributed by atoms with van der Waals surface area (Å²) >= 11 is 0. The third-order valence-corrected chi connectivity index (χ3v) is 7.15. The first-order valence-corrected chi connectivity index (χ1v) is 11.6. The first-order valence-electron chi connectivity index (χ1n) is 11.6. The van der Waals surface area contributed by atoms with Gasteiger partial charge in [-0.05, 0) is 42.3 Å². The van der Waals surface area contributed by atoms with Gasteiger partial charge in [-0.1, -0.05) is 11.8 Å². The number of likely N-dealkylation sites (N-methyl/N-ethyl adjacent to an activating group) is 1.